The monoisotopic (exact) mass is 375 g/mol. The molecule has 27 heavy (non-hydrogen) atoms. The fraction of sp³-hybridized carbons (Fsp3) is 0.579. The fourth-order valence-corrected chi connectivity index (χ4v) is 4.07. The zero-order valence-corrected chi connectivity index (χ0v) is 15.1. The average Bonchev–Trinajstić information content (AvgIpc) is 2.66. The summed E-state index contributed by atoms with van der Waals surface area (Å²) >= 11 is 0. The lowest BCUT2D eigenvalue weighted by molar-refractivity contribution is -0.0823. The Morgan fingerprint density at radius 3 is 2.37 bits per heavy atom. The summed E-state index contributed by atoms with van der Waals surface area (Å²) < 4.78 is 5.61. The molecule has 3 rings (SSSR count). The molecule has 2 aliphatic rings. The molecule has 1 aromatic rings. The summed E-state index contributed by atoms with van der Waals surface area (Å²) in [7, 11) is 0. The highest BCUT2D eigenvalue weighted by Crippen LogP contribution is 2.29. The Kier molecular flexibility index (Phi) is 5.85. The minimum Gasteiger partial charge on any atom is -0.490 e. The van der Waals surface area contributed by atoms with Crippen LogP contribution in [0.15, 0.2) is 24.3 Å². The van der Waals surface area contributed by atoms with E-state index in [9.17, 15) is 20.1 Å². The Labute approximate surface area is 158 Å². The number of likely N-dealkylation sites (tertiary alicyclic amines) is 2. The van der Waals surface area contributed by atoms with Crippen LogP contribution in [0, 0.1) is 23.2 Å². The minimum atomic E-state index is -1.41. The highest BCUT2D eigenvalue weighted by molar-refractivity contribution is 5.65. The number of β-amino-alcohol motifs (C(OH)–C–C–N with tert-alkyl or cyclic N) is 1. The molecule has 2 bridgehead atoms. The van der Waals surface area contributed by atoms with Crippen LogP contribution in [0.25, 0.3) is 0 Å². The molecule has 3 N–H and O–H groups in total. The van der Waals surface area contributed by atoms with Crippen LogP contribution in [0.4, 0.5) is 4.79 Å². The van der Waals surface area contributed by atoms with Gasteiger partial charge in [0.15, 0.2) is 0 Å². The van der Waals surface area contributed by atoms with E-state index in [0.717, 1.165) is 6.42 Å². The number of hydrogen-bond donors (Lipinski definition) is 3. The summed E-state index contributed by atoms with van der Waals surface area (Å²) in [5, 5.41) is 38.5. The number of fused-ring (bicyclic) bond motifs is 2. The van der Waals surface area contributed by atoms with Crippen LogP contribution in [0.3, 0.4) is 0 Å². The Balaban J connectivity index is 1.56. The van der Waals surface area contributed by atoms with Crippen molar-refractivity contribution in [3.63, 3.8) is 0 Å². The van der Waals surface area contributed by atoms with Crippen LogP contribution in [0.5, 0.6) is 5.75 Å². The summed E-state index contributed by atoms with van der Waals surface area (Å²) in [4.78, 5) is 14.8. The van der Waals surface area contributed by atoms with Crippen LogP contribution in [-0.4, -0.2) is 82.8 Å². The van der Waals surface area contributed by atoms with E-state index in [1.54, 1.807) is 24.3 Å². The number of hydrogen-bond acceptors (Lipinski definition) is 6. The average molecular weight is 375 g/mol. The van der Waals surface area contributed by atoms with Crippen LogP contribution >= 0.6 is 0 Å². The Bertz CT molecular complexity index is 690. The second kappa shape index (κ2) is 8.13. The predicted molar refractivity (Wildman–Crippen MR) is 96.3 cm³/mol. The highest BCUT2D eigenvalue weighted by Gasteiger charge is 2.39. The molecule has 3 atom stereocenters. The van der Waals surface area contributed by atoms with E-state index in [1.807, 2.05) is 6.07 Å². The first-order chi connectivity index (χ1) is 12.9. The van der Waals surface area contributed by atoms with E-state index in [0.29, 0.717) is 37.5 Å². The third kappa shape index (κ3) is 4.89. The van der Waals surface area contributed by atoms with Crippen LogP contribution < -0.4 is 4.74 Å². The van der Waals surface area contributed by atoms with E-state index >= 15 is 0 Å². The van der Waals surface area contributed by atoms with Crippen molar-refractivity contribution in [1.29, 1.82) is 5.26 Å². The van der Waals surface area contributed by atoms with Crippen molar-refractivity contribution in [1.82, 2.24) is 9.80 Å². The standard InChI is InChI=1S/C19H25N3O5/c20-6-14-1-3-17(4-2-14)27-13-19(26,12-23)11-21-7-15-5-16(8-21)10-22(9-15)18(24)25/h1-4,15-16,23,26H,5,7-13H2,(H,24,25). The summed E-state index contributed by atoms with van der Waals surface area (Å²) in [5.74, 6) is 1.01. The molecule has 2 heterocycles. The van der Waals surface area contributed by atoms with Gasteiger partial charge in [-0.15, -0.1) is 0 Å². The molecule has 2 aliphatic heterocycles. The largest absolute Gasteiger partial charge is 0.490 e. The number of nitrogens with zero attached hydrogens (tertiary/aromatic N) is 3. The van der Waals surface area contributed by atoms with E-state index in [2.05, 4.69) is 4.90 Å². The van der Waals surface area contributed by atoms with E-state index in [1.165, 1.54) is 4.90 Å². The topological polar surface area (TPSA) is 117 Å². The molecule has 1 amide bonds. The number of nitriles is 1. The van der Waals surface area contributed by atoms with Crippen LogP contribution in [0.2, 0.25) is 0 Å². The second-order valence-corrected chi connectivity index (χ2v) is 7.66. The van der Waals surface area contributed by atoms with Crippen molar-refractivity contribution >= 4 is 6.09 Å². The number of amides is 1. The van der Waals surface area contributed by atoms with Gasteiger partial charge in [-0.25, -0.2) is 4.79 Å². The third-order valence-corrected chi connectivity index (χ3v) is 5.23. The molecule has 3 unspecified atom stereocenters. The van der Waals surface area contributed by atoms with Crippen molar-refractivity contribution in [3.05, 3.63) is 29.8 Å². The smallest absolute Gasteiger partial charge is 0.407 e. The van der Waals surface area contributed by atoms with Crippen molar-refractivity contribution in [3.8, 4) is 11.8 Å². The molecule has 0 radical (unpaired) electrons. The van der Waals surface area contributed by atoms with Gasteiger partial charge in [-0.05, 0) is 42.5 Å². The van der Waals surface area contributed by atoms with Crippen molar-refractivity contribution in [2.75, 3.05) is 45.9 Å². The molecule has 0 spiro atoms. The van der Waals surface area contributed by atoms with Gasteiger partial charge in [0.2, 0.25) is 0 Å². The first-order valence-electron chi connectivity index (χ1n) is 9.07. The summed E-state index contributed by atoms with van der Waals surface area (Å²) in [6, 6.07) is 8.60. The molecule has 8 nitrogen and oxygen atoms in total. The summed E-state index contributed by atoms with van der Waals surface area (Å²) in [6.07, 6.45) is 0.125. The van der Waals surface area contributed by atoms with Gasteiger partial charge in [0.1, 0.15) is 18.0 Å². The number of aliphatic hydroxyl groups excluding tert-OH is 1. The molecule has 1 aromatic carbocycles. The molecular weight excluding hydrogens is 350 g/mol. The van der Waals surface area contributed by atoms with Gasteiger partial charge in [-0.1, -0.05) is 0 Å². The highest BCUT2D eigenvalue weighted by atomic mass is 16.5. The van der Waals surface area contributed by atoms with E-state index in [4.69, 9.17) is 10.00 Å². The number of rotatable bonds is 6. The van der Waals surface area contributed by atoms with Gasteiger partial charge in [-0.3, -0.25) is 4.90 Å². The Hall–Kier alpha value is -2.34. The maximum absolute atomic E-state index is 11.2. The van der Waals surface area contributed by atoms with Crippen molar-refractivity contribution < 1.29 is 24.9 Å². The number of piperidine rings is 2. The first-order valence-corrected chi connectivity index (χ1v) is 9.07. The quantitative estimate of drug-likeness (QED) is 0.666. The van der Waals surface area contributed by atoms with Gasteiger partial charge < -0.3 is 25.0 Å². The predicted octanol–water partition coefficient (Wildman–Crippen LogP) is 0.592. The minimum absolute atomic E-state index is 0.0670. The lowest BCUT2D eigenvalue weighted by atomic mass is 9.84. The third-order valence-electron chi connectivity index (χ3n) is 5.23. The molecule has 146 valence electrons. The van der Waals surface area contributed by atoms with Gasteiger partial charge in [-0.2, -0.15) is 5.26 Å². The summed E-state index contributed by atoms with van der Waals surface area (Å²) in [5.41, 5.74) is -0.888. The summed E-state index contributed by atoms with van der Waals surface area (Å²) in [6.45, 7) is 2.18. The number of aliphatic hydroxyl groups is 2. The maximum Gasteiger partial charge on any atom is 0.407 e. The van der Waals surface area contributed by atoms with Crippen LogP contribution in [-0.2, 0) is 0 Å². The Morgan fingerprint density at radius 2 is 1.85 bits per heavy atom. The molecule has 2 fully saturated rings. The zero-order chi connectivity index (χ0) is 19.4. The number of carbonyl (C=O) groups is 1. The molecule has 0 aromatic heterocycles. The number of benzene rings is 1. The number of ether oxygens (including phenoxy) is 1. The van der Waals surface area contributed by atoms with Crippen LogP contribution in [0.1, 0.15) is 12.0 Å². The Morgan fingerprint density at radius 1 is 1.22 bits per heavy atom. The normalized spacial score (nSPS) is 24.7. The SMILES string of the molecule is N#Cc1ccc(OCC(O)(CO)CN2CC3CC(C2)CN(C(=O)O)C3)cc1. The first kappa shape index (κ1) is 19.4. The van der Waals surface area contributed by atoms with Gasteiger partial charge in [0.25, 0.3) is 0 Å². The second-order valence-electron chi connectivity index (χ2n) is 7.66. The van der Waals surface area contributed by atoms with E-state index < -0.39 is 18.3 Å². The molecule has 0 saturated carbocycles. The van der Waals surface area contributed by atoms with Gasteiger partial charge >= 0.3 is 6.09 Å². The number of carboxylic acid groups (broad SMARTS) is 1. The molecular formula is C19H25N3O5. The van der Waals surface area contributed by atoms with Crippen molar-refractivity contribution in [2.45, 2.75) is 12.0 Å². The lowest BCUT2D eigenvalue weighted by Gasteiger charge is -2.46. The van der Waals surface area contributed by atoms with Gasteiger partial charge in [0.05, 0.1) is 18.2 Å². The molecule has 2 saturated heterocycles. The lowest BCUT2D eigenvalue weighted by Crippen LogP contribution is -2.58. The fourth-order valence-electron chi connectivity index (χ4n) is 4.07. The van der Waals surface area contributed by atoms with Gasteiger partial charge in [0, 0.05) is 32.7 Å². The molecule has 8 heteroatoms. The van der Waals surface area contributed by atoms with E-state index in [-0.39, 0.29) is 25.0 Å². The maximum atomic E-state index is 11.2. The zero-order valence-electron chi connectivity index (χ0n) is 15.1. The molecule has 0 aliphatic carbocycles. The van der Waals surface area contributed by atoms with Crippen molar-refractivity contribution in [2.24, 2.45) is 11.8 Å².